The van der Waals surface area contributed by atoms with Gasteiger partial charge in [0.05, 0.1) is 12.7 Å². The number of phenolic OH excluding ortho intramolecular Hbond substituents is 1. The van der Waals surface area contributed by atoms with Crippen molar-refractivity contribution < 1.29 is 14.6 Å². The summed E-state index contributed by atoms with van der Waals surface area (Å²) in [6.07, 6.45) is 0. The molecule has 0 unspecified atom stereocenters. The summed E-state index contributed by atoms with van der Waals surface area (Å²) < 4.78 is 4.63. The summed E-state index contributed by atoms with van der Waals surface area (Å²) in [5.74, 6) is -0.183. The molecule has 1 aromatic carbocycles. The third-order valence-corrected chi connectivity index (χ3v) is 2.07. The fourth-order valence-electron chi connectivity index (χ4n) is 1.45. The molecule has 1 N–H and O–H groups in total. The highest BCUT2D eigenvalue weighted by molar-refractivity contribution is 5.92. The SMILES string of the molecule is COC(=O)c1cccc(O)c1C(C)C. The van der Waals surface area contributed by atoms with Crippen LogP contribution in [-0.4, -0.2) is 18.2 Å². The number of carbonyl (C=O) groups excluding carboxylic acids is 1. The molecule has 0 amide bonds. The lowest BCUT2D eigenvalue weighted by Crippen LogP contribution is -2.06. The van der Waals surface area contributed by atoms with Gasteiger partial charge in [0.15, 0.2) is 0 Å². The molecule has 0 heterocycles. The number of rotatable bonds is 2. The van der Waals surface area contributed by atoms with Gasteiger partial charge in [-0.2, -0.15) is 0 Å². The van der Waals surface area contributed by atoms with Gasteiger partial charge in [-0.1, -0.05) is 19.9 Å². The van der Waals surface area contributed by atoms with Crippen LogP contribution in [0.2, 0.25) is 0 Å². The molecule has 0 saturated carbocycles. The quantitative estimate of drug-likeness (QED) is 0.735. The Morgan fingerprint density at radius 3 is 2.57 bits per heavy atom. The highest BCUT2D eigenvalue weighted by atomic mass is 16.5. The highest BCUT2D eigenvalue weighted by Crippen LogP contribution is 2.29. The summed E-state index contributed by atoms with van der Waals surface area (Å²) >= 11 is 0. The molecule has 14 heavy (non-hydrogen) atoms. The number of carbonyl (C=O) groups is 1. The minimum Gasteiger partial charge on any atom is -0.508 e. The van der Waals surface area contributed by atoms with E-state index in [2.05, 4.69) is 4.74 Å². The Morgan fingerprint density at radius 2 is 2.07 bits per heavy atom. The number of ether oxygens (including phenoxy) is 1. The molecule has 0 saturated heterocycles. The summed E-state index contributed by atoms with van der Waals surface area (Å²) in [5.41, 5.74) is 1.07. The van der Waals surface area contributed by atoms with Crippen LogP contribution >= 0.6 is 0 Å². The lowest BCUT2D eigenvalue weighted by molar-refractivity contribution is 0.0598. The third-order valence-electron chi connectivity index (χ3n) is 2.07. The standard InChI is InChI=1S/C11H14O3/c1-7(2)10-8(11(13)14-3)5-4-6-9(10)12/h4-7,12H,1-3H3. The van der Waals surface area contributed by atoms with Crippen LogP contribution in [0.25, 0.3) is 0 Å². The van der Waals surface area contributed by atoms with Crippen LogP contribution in [0.15, 0.2) is 18.2 Å². The molecule has 3 heteroatoms. The van der Waals surface area contributed by atoms with Gasteiger partial charge in [-0.3, -0.25) is 0 Å². The van der Waals surface area contributed by atoms with Crippen LogP contribution in [0, 0.1) is 0 Å². The van der Waals surface area contributed by atoms with Crippen molar-refractivity contribution in [2.75, 3.05) is 7.11 Å². The minimum atomic E-state index is -0.412. The maximum Gasteiger partial charge on any atom is 0.338 e. The Hall–Kier alpha value is -1.51. The van der Waals surface area contributed by atoms with Crippen molar-refractivity contribution in [1.29, 1.82) is 0 Å². The van der Waals surface area contributed by atoms with Crippen molar-refractivity contribution in [3.63, 3.8) is 0 Å². The highest BCUT2D eigenvalue weighted by Gasteiger charge is 2.17. The largest absolute Gasteiger partial charge is 0.508 e. The van der Waals surface area contributed by atoms with Crippen molar-refractivity contribution in [3.8, 4) is 5.75 Å². The number of methoxy groups -OCH3 is 1. The zero-order valence-electron chi connectivity index (χ0n) is 8.57. The van der Waals surface area contributed by atoms with E-state index >= 15 is 0 Å². The second-order valence-electron chi connectivity index (χ2n) is 3.38. The summed E-state index contributed by atoms with van der Waals surface area (Å²) in [5, 5.41) is 9.60. The van der Waals surface area contributed by atoms with E-state index in [4.69, 9.17) is 0 Å². The summed E-state index contributed by atoms with van der Waals surface area (Å²) in [7, 11) is 1.33. The number of benzene rings is 1. The number of phenols is 1. The summed E-state index contributed by atoms with van der Waals surface area (Å²) in [4.78, 5) is 11.4. The molecule has 76 valence electrons. The molecule has 0 aliphatic heterocycles. The maximum atomic E-state index is 11.4. The number of esters is 1. The second kappa shape index (κ2) is 4.13. The van der Waals surface area contributed by atoms with Crippen LogP contribution < -0.4 is 0 Å². The molecule has 0 atom stereocenters. The van der Waals surface area contributed by atoms with Gasteiger partial charge < -0.3 is 9.84 Å². The first-order chi connectivity index (χ1) is 6.57. The van der Waals surface area contributed by atoms with Crippen LogP contribution in [0.3, 0.4) is 0 Å². The van der Waals surface area contributed by atoms with Gasteiger partial charge in [-0.05, 0) is 18.1 Å². The van der Waals surface area contributed by atoms with Gasteiger partial charge in [-0.15, -0.1) is 0 Å². The van der Waals surface area contributed by atoms with E-state index in [-0.39, 0.29) is 11.7 Å². The average molecular weight is 194 g/mol. The molecule has 1 rings (SSSR count). The van der Waals surface area contributed by atoms with Gasteiger partial charge in [0.25, 0.3) is 0 Å². The van der Waals surface area contributed by atoms with Gasteiger partial charge in [-0.25, -0.2) is 4.79 Å². The summed E-state index contributed by atoms with van der Waals surface area (Å²) in [6, 6.07) is 4.86. The predicted octanol–water partition coefficient (Wildman–Crippen LogP) is 2.30. The van der Waals surface area contributed by atoms with E-state index < -0.39 is 5.97 Å². The van der Waals surface area contributed by atoms with E-state index in [0.29, 0.717) is 11.1 Å². The van der Waals surface area contributed by atoms with E-state index in [1.165, 1.54) is 7.11 Å². The Bertz CT molecular complexity index is 342. The monoisotopic (exact) mass is 194 g/mol. The Morgan fingerprint density at radius 1 is 1.43 bits per heavy atom. The molecule has 3 nitrogen and oxygen atoms in total. The molecular formula is C11H14O3. The van der Waals surface area contributed by atoms with E-state index in [9.17, 15) is 9.90 Å². The average Bonchev–Trinajstić information content (AvgIpc) is 2.15. The van der Waals surface area contributed by atoms with E-state index in [1.54, 1.807) is 18.2 Å². The fourth-order valence-corrected chi connectivity index (χ4v) is 1.45. The maximum absolute atomic E-state index is 11.4. The van der Waals surface area contributed by atoms with Crippen molar-refractivity contribution >= 4 is 5.97 Å². The van der Waals surface area contributed by atoms with Crippen LogP contribution in [0.5, 0.6) is 5.75 Å². The number of hydrogen-bond acceptors (Lipinski definition) is 3. The first-order valence-corrected chi connectivity index (χ1v) is 4.48. The van der Waals surface area contributed by atoms with E-state index in [0.717, 1.165) is 0 Å². The molecule has 0 spiro atoms. The Balaban J connectivity index is 3.28. The second-order valence-corrected chi connectivity index (χ2v) is 3.38. The zero-order chi connectivity index (χ0) is 10.7. The number of hydrogen-bond donors (Lipinski definition) is 1. The first kappa shape index (κ1) is 10.6. The fraction of sp³-hybridized carbons (Fsp3) is 0.364. The lowest BCUT2D eigenvalue weighted by Gasteiger charge is -2.12. The van der Waals surface area contributed by atoms with Gasteiger partial charge >= 0.3 is 5.97 Å². The van der Waals surface area contributed by atoms with Gasteiger partial charge in [0, 0.05) is 5.56 Å². The van der Waals surface area contributed by atoms with Crippen molar-refractivity contribution in [1.82, 2.24) is 0 Å². The van der Waals surface area contributed by atoms with Crippen LogP contribution in [-0.2, 0) is 4.74 Å². The topological polar surface area (TPSA) is 46.5 Å². The van der Waals surface area contributed by atoms with Gasteiger partial charge in [0.1, 0.15) is 5.75 Å². The smallest absolute Gasteiger partial charge is 0.338 e. The number of aromatic hydroxyl groups is 1. The molecule has 0 aliphatic carbocycles. The van der Waals surface area contributed by atoms with Crippen molar-refractivity contribution in [2.24, 2.45) is 0 Å². The Labute approximate surface area is 83.3 Å². The van der Waals surface area contributed by atoms with Crippen molar-refractivity contribution in [3.05, 3.63) is 29.3 Å². The Kier molecular flexibility index (Phi) is 3.12. The predicted molar refractivity (Wildman–Crippen MR) is 53.5 cm³/mol. The first-order valence-electron chi connectivity index (χ1n) is 4.48. The molecule has 0 fully saturated rings. The molecule has 0 radical (unpaired) electrons. The molecular weight excluding hydrogens is 180 g/mol. The molecule has 0 aromatic heterocycles. The van der Waals surface area contributed by atoms with Gasteiger partial charge in [0.2, 0.25) is 0 Å². The normalized spacial score (nSPS) is 10.3. The molecule has 0 aliphatic rings. The van der Waals surface area contributed by atoms with Crippen LogP contribution in [0.1, 0.15) is 35.7 Å². The van der Waals surface area contributed by atoms with E-state index in [1.807, 2.05) is 13.8 Å². The van der Waals surface area contributed by atoms with Crippen molar-refractivity contribution in [2.45, 2.75) is 19.8 Å². The van der Waals surface area contributed by atoms with Crippen LogP contribution in [0.4, 0.5) is 0 Å². The molecule has 1 aromatic rings. The lowest BCUT2D eigenvalue weighted by atomic mass is 9.96. The molecule has 0 bridgehead atoms. The third kappa shape index (κ3) is 1.87. The zero-order valence-corrected chi connectivity index (χ0v) is 8.57. The summed E-state index contributed by atoms with van der Waals surface area (Å²) in [6.45, 7) is 3.84. The minimum absolute atomic E-state index is 0.0882.